The van der Waals surface area contributed by atoms with Crippen LogP contribution in [0, 0.1) is 6.92 Å². The van der Waals surface area contributed by atoms with Crippen LogP contribution in [0.25, 0.3) is 28.1 Å². The monoisotopic (exact) mass is 447 g/mol. The van der Waals surface area contributed by atoms with Crippen LogP contribution in [-0.2, 0) is 17.9 Å². The summed E-state index contributed by atoms with van der Waals surface area (Å²) < 4.78 is 6.08. The van der Waals surface area contributed by atoms with Crippen molar-refractivity contribution in [1.29, 1.82) is 0 Å². The zero-order valence-corrected chi connectivity index (χ0v) is 18.5. The lowest BCUT2D eigenvalue weighted by Gasteiger charge is -2.10. The highest BCUT2D eigenvalue weighted by Crippen LogP contribution is 2.30. The van der Waals surface area contributed by atoms with Crippen molar-refractivity contribution in [3.8, 4) is 11.4 Å². The first-order valence-electron chi connectivity index (χ1n) is 10.4. The van der Waals surface area contributed by atoms with Crippen LogP contribution in [0.3, 0.4) is 0 Å². The van der Waals surface area contributed by atoms with Crippen LogP contribution in [0.1, 0.15) is 17.8 Å². The van der Waals surface area contributed by atoms with Gasteiger partial charge in [-0.25, -0.2) is 0 Å². The standard InChI is InChI=1S/C23H22ClN7O/c1-15-26-27-22-7-6-19-21(31(15)22)13-20(30(19)14-16-4-3-5-17(24)12-16)18-8-10-29(28-18)11-9-23(32)25-2/h3-8,10,12-13H,9,11,14H2,1-2H3,(H,25,32). The molecule has 0 saturated heterocycles. The van der Waals surface area contributed by atoms with Crippen molar-refractivity contribution >= 4 is 34.2 Å². The Morgan fingerprint density at radius 3 is 2.78 bits per heavy atom. The van der Waals surface area contributed by atoms with Gasteiger partial charge in [-0.05, 0) is 48.9 Å². The maximum absolute atomic E-state index is 11.6. The van der Waals surface area contributed by atoms with Gasteiger partial charge in [0.15, 0.2) is 5.65 Å². The summed E-state index contributed by atoms with van der Waals surface area (Å²) in [4.78, 5) is 11.6. The summed E-state index contributed by atoms with van der Waals surface area (Å²) in [7, 11) is 1.64. The second kappa shape index (κ2) is 8.12. The van der Waals surface area contributed by atoms with Gasteiger partial charge in [-0.1, -0.05) is 23.7 Å². The molecule has 0 radical (unpaired) electrons. The number of nitrogens with zero attached hydrogens (tertiary/aromatic N) is 6. The number of halogens is 1. The largest absolute Gasteiger partial charge is 0.359 e. The van der Waals surface area contributed by atoms with Crippen LogP contribution in [0.5, 0.6) is 0 Å². The minimum atomic E-state index is -0.0115. The van der Waals surface area contributed by atoms with Crippen LogP contribution in [0.4, 0.5) is 0 Å². The molecule has 4 heterocycles. The van der Waals surface area contributed by atoms with Crippen LogP contribution in [0.2, 0.25) is 5.02 Å². The van der Waals surface area contributed by atoms with E-state index in [4.69, 9.17) is 16.7 Å². The Balaban J connectivity index is 1.63. The molecule has 0 aliphatic heterocycles. The Bertz CT molecular complexity index is 1450. The van der Waals surface area contributed by atoms with E-state index in [-0.39, 0.29) is 5.91 Å². The number of hydrogen-bond acceptors (Lipinski definition) is 4. The molecule has 0 bridgehead atoms. The smallest absolute Gasteiger partial charge is 0.221 e. The molecule has 0 atom stereocenters. The fourth-order valence-electron chi connectivity index (χ4n) is 4.01. The normalized spacial score (nSPS) is 11.5. The van der Waals surface area contributed by atoms with Crippen molar-refractivity contribution < 1.29 is 4.79 Å². The number of hydrogen-bond donors (Lipinski definition) is 1. The lowest BCUT2D eigenvalue weighted by molar-refractivity contribution is -0.120. The Kier molecular flexibility index (Phi) is 5.14. The third-order valence-electron chi connectivity index (χ3n) is 5.58. The Labute approximate surface area is 189 Å². The molecule has 4 aromatic heterocycles. The number of amides is 1. The van der Waals surface area contributed by atoms with Crippen molar-refractivity contribution in [2.75, 3.05) is 7.05 Å². The molecule has 0 saturated carbocycles. The molecule has 0 fully saturated rings. The lowest BCUT2D eigenvalue weighted by Crippen LogP contribution is -2.19. The third-order valence-corrected chi connectivity index (χ3v) is 5.81. The topological polar surface area (TPSA) is 82.0 Å². The highest BCUT2D eigenvalue weighted by atomic mass is 35.5. The predicted molar refractivity (Wildman–Crippen MR) is 124 cm³/mol. The molecular formula is C23H22ClN7O. The van der Waals surface area contributed by atoms with Gasteiger partial charge in [0.2, 0.25) is 5.91 Å². The highest BCUT2D eigenvalue weighted by molar-refractivity contribution is 6.30. The Morgan fingerprint density at radius 1 is 1.09 bits per heavy atom. The molecule has 9 heteroatoms. The number of aromatic nitrogens is 6. The van der Waals surface area contributed by atoms with Crippen molar-refractivity contribution in [3.63, 3.8) is 0 Å². The second-order valence-corrected chi connectivity index (χ2v) is 8.11. The number of fused-ring (bicyclic) bond motifs is 3. The van der Waals surface area contributed by atoms with Gasteiger partial charge in [0.05, 0.1) is 16.7 Å². The van der Waals surface area contributed by atoms with E-state index in [2.05, 4.69) is 42.7 Å². The lowest BCUT2D eigenvalue weighted by atomic mass is 10.2. The molecule has 0 spiro atoms. The van der Waals surface area contributed by atoms with E-state index >= 15 is 0 Å². The fourth-order valence-corrected chi connectivity index (χ4v) is 4.22. The molecule has 0 aliphatic rings. The first-order valence-corrected chi connectivity index (χ1v) is 10.7. The van der Waals surface area contributed by atoms with Crippen molar-refractivity contribution in [1.82, 2.24) is 34.3 Å². The summed E-state index contributed by atoms with van der Waals surface area (Å²) >= 11 is 6.24. The molecular weight excluding hydrogens is 426 g/mol. The van der Waals surface area contributed by atoms with Crippen LogP contribution in [0.15, 0.2) is 54.7 Å². The molecule has 0 unspecified atom stereocenters. The van der Waals surface area contributed by atoms with E-state index in [9.17, 15) is 4.79 Å². The number of benzene rings is 1. The average Bonchev–Trinajstić information content (AvgIpc) is 3.49. The Morgan fingerprint density at radius 2 is 1.97 bits per heavy atom. The summed E-state index contributed by atoms with van der Waals surface area (Å²) in [6.45, 7) is 3.10. The molecule has 1 amide bonds. The van der Waals surface area contributed by atoms with Gasteiger partial charge in [0, 0.05) is 37.8 Å². The maximum Gasteiger partial charge on any atom is 0.221 e. The molecule has 0 aliphatic carbocycles. The predicted octanol–water partition coefficient (Wildman–Crippen LogP) is 3.69. The van der Waals surface area contributed by atoms with Gasteiger partial charge < -0.3 is 9.88 Å². The van der Waals surface area contributed by atoms with Crippen LogP contribution < -0.4 is 5.32 Å². The van der Waals surface area contributed by atoms with E-state index in [1.165, 1.54) is 0 Å². The molecule has 32 heavy (non-hydrogen) atoms. The Hall–Kier alpha value is -3.65. The third kappa shape index (κ3) is 3.62. The summed E-state index contributed by atoms with van der Waals surface area (Å²) in [5, 5.41) is 16.6. The average molecular weight is 448 g/mol. The number of rotatable bonds is 6. The van der Waals surface area contributed by atoms with Gasteiger partial charge in [0.25, 0.3) is 0 Å². The van der Waals surface area contributed by atoms with E-state index in [0.717, 1.165) is 39.5 Å². The number of pyridine rings is 1. The molecule has 5 rings (SSSR count). The number of nitrogens with one attached hydrogen (secondary N) is 1. The number of aryl methyl sites for hydroxylation is 2. The molecule has 1 aromatic carbocycles. The fraction of sp³-hybridized carbons (Fsp3) is 0.217. The molecule has 8 nitrogen and oxygen atoms in total. The molecule has 162 valence electrons. The van der Waals surface area contributed by atoms with Gasteiger partial charge in [-0.3, -0.25) is 13.9 Å². The molecule has 5 aromatic rings. The summed E-state index contributed by atoms with van der Waals surface area (Å²) in [6, 6.07) is 16.0. The number of carbonyl (C=O) groups excluding carboxylic acids is 1. The SMILES string of the molecule is CNC(=O)CCn1ccc(-c2cc3c(ccc4nnc(C)n43)n2Cc2cccc(Cl)c2)n1. The van der Waals surface area contributed by atoms with Crippen molar-refractivity contribution in [2.24, 2.45) is 0 Å². The summed E-state index contributed by atoms with van der Waals surface area (Å²) in [5.41, 5.74) is 5.77. The quantitative estimate of drug-likeness (QED) is 0.430. The van der Waals surface area contributed by atoms with Crippen LogP contribution >= 0.6 is 11.6 Å². The van der Waals surface area contributed by atoms with E-state index in [1.807, 2.05) is 43.5 Å². The highest BCUT2D eigenvalue weighted by Gasteiger charge is 2.17. The van der Waals surface area contributed by atoms with E-state index in [1.54, 1.807) is 11.7 Å². The second-order valence-electron chi connectivity index (χ2n) is 7.68. The van der Waals surface area contributed by atoms with Gasteiger partial charge in [-0.15, -0.1) is 10.2 Å². The van der Waals surface area contributed by atoms with Gasteiger partial charge in [0.1, 0.15) is 11.5 Å². The van der Waals surface area contributed by atoms with E-state index in [0.29, 0.717) is 24.5 Å². The summed E-state index contributed by atoms with van der Waals surface area (Å²) in [6.07, 6.45) is 2.28. The van der Waals surface area contributed by atoms with Crippen LogP contribution in [-0.4, -0.2) is 41.9 Å². The van der Waals surface area contributed by atoms with Crippen molar-refractivity contribution in [3.05, 3.63) is 71.1 Å². The van der Waals surface area contributed by atoms with Crippen molar-refractivity contribution in [2.45, 2.75) is 26.4 Å². The van der Waals surface area contributed by atoms with E-state index < -0.39 is 0 Å². The zero-order valence-electron chi connectivity index (χ0n) is 17.8. The van der Waals surface area contributed by atoms with Gasteiger partial charge in [-0.2, -0.15) is 5.10 Å². The maximum atomic E-state index is 11.6. The summed E-state index contributed by atoms with van der Waals surface area (Å²) in [5.74, 6) is 0.816. The first-order chi connectivity index (χ1) is 15.5. The minimum absolute atomic E-state index is 0.0115. The first kappa shape index (κ1) is 20.3. The number of carbonyl (C=O) groups is 1. The zero-order chi connectivity index (χ0) is 22.2. The van der Waals surface area contributed by atoms with Gasteiger partial charge >= 0.3 is 0 Å². The minimum Gasteiger partial charge on any atom is -0.359 e. The molecule has 1 N–H and O–H groups in total.